The maximum absolute atomic E-state index is 11.5. The predicted octanol–water partition coefficient (Wildman–Crippen LogP) is -0.100. The number of aromatic carboxylic acids is 1. The SMILES string of the molecule is NC(=O)NC(=O)Cn1nnc(C(=O)O)c1-c1cccs1. The smallest absolute Gasteiger partial charge is 0.358 e. The zero-order valence-electron chi connectivity index (χ0n) is 9.94. The molecule has 2 aromatic rings. The number of rotatable bonds is 4. The van der Waals surface area contributed by atoms with Crippen LogP contribution >= 0.6 is 11.3 Å². The van der Waals surface area contributed by atoms with Crippen LogP contribution in [0.15, 0.2) is 17.5 Å². The fraction of sp³-hybridized carbons (Fsp3) is 0.100. The fourth-order valence-corrected chi connectivity index (χ4v) is 2.31. The topological polar surface area (TPSA) is 140 Å². The van der Waals surface area contributed by atoms with Crippen molar-refractivity contribution in [3.63, 3.8) is 0 Å². The van der Waals surface area contributed by atoms with Gasteiger partial charge in [0.05, 0.1) is 4.88 Å². The number of imide groups is 1. The molecule has 2 aromatic heterocycles. The lowest BCUT2D eigenvalue weighted by Crippen LogP contribution is -2.37. The van der Waals surface area contributed by atoms with E-state index in [-0.39, 0.29) is 17.9 Å². The number of carboxylic acid groups (broad SMARTS) is 1. The molecule has 0 bridgehead atoms. The monoisotopic (exact) mass is 295 g/mol. The Bertz CT molecular complexity index is 663. The second-order valence-corrected chi connectivity index (χ2v) is 4.59. The van der Waals surface area contributed by atoms with E-state index in [1.54, 1.807) is 17.5 Å². The van der Waals surface area contributed by atoms with Crippen molar-refractivity contribution in [2.24, 2.45) is 5.73 Å². The van der Waals surface area contributed by atoms with Crippen LogP contribution in [-0.4, -0.2) is 38.0 Å². The minimum atomic E-state index is -1.25. The van der Waals surface area contributed by atoms with Crippen LogP contribution in [0.5, 0.6) is 0 Å². The van der Waals surface area contributed by atoms with E-state index >= 15 is 0 Å². The van der Waals surface area contributed by atoms with E-state index in [0.29, 0.717) is 4.88 Å². The van der Waals surface area contributed by atoms with Gasteiger partial charge in [-0.1, -0.05) is 11.3 Å². The number of aromatic nitrogens is 3. The third kappa shape index (κ3) is 2.80. The molecule has 0 spiro atoms. The van der Waals surface area contributed by atoms with E-state index in [1.807, 2.05) is 5.32 Å². The minimum absolute atomic E-state index is 0.201. The lowest BCUT2D eigenvalue weighted by atomic mass is 10.2. The summed E-state index contributed by atoms with van der Waals surface area (Å²) in [4.78, 5) is 33.8. The Balaban J connectivity index is 2.37. The molecule has 0 saturated carbocycles. The summed E-state index contributed by atoms with van der Waals surface area (Å²) >= 11 is 1.28. The van der Waals surface area contributed by atoms with E-state index in [1.165, 1.54) is 11.3 Å². The molecule has 4 N–H and O–H groups in total. The average Bonchev–Trinajstić information content (AvgIpc) is 2.94. The molecule has 0 aliphatic rings. The average molecular weight is 295 g/mol. The summed E-state index contributed by atoms with van der Waals surface area (Å²) in [6, 6.07) is 2.41. The van der Waals surface area contributed by atoms with E-state index < -0.39 is 17.9 Å². The summed E-state index contributed by atoms with van der Waals surface area (Å²) in [5, 5.41) is 19.8. The van der Waals surface area contributed by atoms with Crippen LogP contribution in [0.2, 0.25) is 0 Å². The number of primary amides is 1. The number of urea groups is 1. The predicted molar refractivity (Wildman–Crippen MR) is 68.0 cm³/mol. The number of carbonyl (C=O) groups is 3. The first kappa shape index (κ1) is 13.7. The zero-order valence-corrected chi connectivity index (χ0v) is 10.8. The van der Waals surface area contributed by atoms with Gasteiger partial charge in [-0.2, -0.15) is 0 Å². The van der Waals surface area contributed by atoms with Crippen LogP contribution in [0.25, 0.3) is 10.6 Å². The molecule has 20 heavy (non-hydrogen) atoms. The molecule has 0 aliphatic carbocycles. The molecule has 0 atom stereocenters. The highest BCUT2D eigenvalue weighted by Crippen LogP contribution is 2.26. The molecule has 0 aromatic carbocycles. The van der Waals surface area contributed by atoms with E-state index in [0.717, 1.165) is 4.68 Å². The summed E-state index contributed by atoms with van der Waals surface area (Å²) in [5.41, 5.74) is 4.76. The summed E-state index contributed by atoms with van der Waals surface area (Å²) in [6.45, 7) is -0.365. The van der Waals surface area contributed by atoms with Gasteiger partial charge in [0.1, 0.15) is 12.2 Å². The zero-order chi connectivity index (χ0) is 14.7. The molecule has 9 nitrogen and oxygen atoms in total. The molecule has 2 rings (SSSR count). The summed E-state index contributed by atoms with van der Waals surface area (Å²) in [7, 11) is 0. The van der Waals surface area contributed by atoms with Gasteiger partial charge in [-0.15, -0.1) is 16.4 Å². The first-order valence-corrected chi connectivity index (χ1v) is 6.17. The van der Waals surface area contributed by atoms with Gasteiger partial charge in [0.25, 0.3) is 0 Å². The Labute approximate surface area is 116 Å². The lowest BCUT2D eigenvalue weighted by Gasteiger charge is -2.04. The second kappa shape index (κ2) is 5.48. The number of nitrogens with zero attached hydrogens (tertiary/aromatic N) is 3. The molecule has 0 radical (unpaired) electrons. The van der Waals surface area contributed by atoms with Crippen LogP contribution < -0.4 is 11.1 Å². The highest BCUT2D eigenvalue weighted by molar-refractivity contribution is 7.13. The molecule has 0 aliphatic heterocycles. The number of amides is 3. The van der Waals surface area contributed by atoms with Crippen molar-refractivity contribution in [2.75, 3.05) is 0 Å². The Morgan fingerprint density at radius 2 is 2.20 bits per heavy atom. The Morgan fingerprint density at radius 1 is 1.45 bits per heavy atom. The third-order valence-electron chi connectivity index (χ3n) is 2.25. The molecule has 104 valence electrons. The molecule has 3 amide bonds. The van der Waals surface area contributed by atoms with Gasteiger partial charge in [0.2, 0.25) is 5.91 Å². The van der Waals surface area contributed by atoms with Gasteiger partial charge >= 0.3 is 12.0 Å². The van der Waals surface area contributed by atoms with Gasteiger partial charge < -0.3 is 10.8 Å². The Kier molecular flexibility index (Phi) is 3.75. The summed E-state index contributed by atoms with van der Waals surface area (Å²) < 4.78 is 1.10. The van der Waals surface area contributed by atoms with Gasteiger partial charge in [-0.3, -0.25) is 10.1 Å². The van der Waals surface area contributed by atoms with Crippen molar-refractivity contribution in [3.8, 4) is 10.6 Å². The third-order valence-corrected chi connectivity index (χ3v) is 3.12. The van der Waals surface area contributed by atoms with E-state index in [9.17, 15) is 14.4 Å². The van der Waals surface area contributed by atoms with Crippen LogP contribution in [0.3, 0.4) is 0 Å². The fourth-order valence-electron chi connectivity index (χ4n) is 1.54. The van der Waals surface area contributed by atoms with Crippen molar-refractivity contribution in [1.82, 2.24) is 20.3 Å². The number of nitrogens with one attached hydrogen (secondary N) is 1. The van der Waals surface area contributed by atoms with E-state index in [4.69, 9.17) is 10.8 Å². The van der Waals surface area contributed by atoms with Crippen molar-refractivity contribution in [1.29, 1.82) is 0 Å². The number of nitrogens with two attached hydrogens (primary N) is 1. The molecule has 0 fully saturated rings. The quantitative estimate of drug-likeness (QED) is 0.719. The molecule has 0 unspecified atom stereocenters. The number of hydrogen-bond donors (Lipinski definition) is 3. The van der Waals surface area contributed by atoms with Gasteiger partial charge in [0, 0.05) is 0 Å². The van der Waals surface area contributed by atoms with E-state index in [2.05, 4.69) is 10.3 Å². The molecule has 10 heteroatoms. The number of thiophene rings is 1. The largest absolute Gasteiger partial charge is 0.476 e. The van der Waals surface area contributed by atoms with Gasteiger partial charge in [0.15, 0.2) is 5.69 Å². The van der Waals surface area contributed by atoms with Crippen LogP contribution in [0.4, 0.5) is 4.79 Å². The Hall–Kier alpha value is -2.75. The molecule has 2 heterocycles. The van der Waals surface area contributed by atoms with Crippen molar-refractivity contribution in [3.05, 3.63) is 23.2 Å². The van der Waals surface area contributed by atoms with Crippen LogP contribution in [0, 0.1) is 0 Å². The van der Waals surface area contributed by atoms with Gasteiger partial charge in [-0.25, -0.2) is 14.3 Å². The van der Waals surface area contributed by atoms with Crippen LogP contribution in [-0.2, 0) is 11.3 Å². The van der Waals surface area contributed by atoms with Crippen molar-refractivity contribution < 1.29 is 19.5 Å². The number of carboxylic acids is 1. The van der Waals surface area contributed by atoms with Crippen molar-refractivity contribution >= 4 is 29.2 Å². The number of hydrogen-bond acceptors (Lipinski definition) is 6. The standard InChI is InChI=1S/C10H9N5O4S/c11-10(19)12-6(16)4-15-8(5-2-1-3-20-5)7(9(17)18)13-14-15/h1-3H,4H2,(H,17,18)(H3,11,12,16,19). The van der Waals surface area contributed by atoms with Crippen LogP contribution in [0.1, 0.15) is 10.5 Å². The summed E-state index contributed by atoms with van der Waals surface area (Å²) in [5.74, 6) is -1.97. The minimum Gasteiger partial charge on any atom is -0.476 e. The normalized spacial score (nSPS) is 10.2. The van der Waals surface area contributed by atoms with Crippen molar-refractivity contribution in [2.45, 2.75) is 6.54 Å². The number of carbonyl (C=O) groups excluding carboxylic acids is 2. The maximum Gasteiger partial charge on any atom is 0.358 e. The first-order chi connectivity index (χ1) is 9.49. The Morgan fingerprint density at radius 3 is 2.75 bits per heavy atom. The maximum atomic E-state index is 11.5. The van der Waals surface area contributed by atoms with Gasteiger partial charge in [-0.05, 0) is 11.4 Å². The highest BCUT2D eigenvalue weighted by atomic mass is 32.1. The lowest BCUT2D eigenvalue weighted by molar-refractivity contribution is -0.120. The molecular weight excluding hydrogens is 286 g/mol. The molecular formula is C10H9N5O4S. The molecule has 0 saturated heterocycles. The summed E-state index contributed by atoms with van der Waals surface area (Å²) in [6.07, 6.45) is 0. The first-order valence-electron chi connectivity index (χ1n) is 5.29. The second-order valence-electron chi connectivity index (χ2n) is 3.64. The highest BCUT2D eigenvalue weighted by Gasteiger charge is 2.22.